The van der Waals surface area contributed by atoms with Gasteiger partial charge in [-0.3, -0.25) is 9.69 Å². The number of amides is 1. The van der Waals surface area contributed by atoms with Gasteiger partial charge in [-0.25, -0.2) is 5.43 Å². The maximum absolute atomic E-state index is 12.3. The molecule has 0 spiro atoms. The topological polar surface area (TPSA) is 53.9 Å². The molecule has 1 N–H and O–H groups in total. The van der Waals surface area contributed by atoms with Crippen LogP contribution in [-0.2, 0) is 11.3 Å². The van der Waals surface area contributed by atoms with Crippen LogP contribution in [0.2, 0.25) is 0 Å². The summed E-state index contributed by atoms with van der Waals surface area (Å²) in [6.07, 6.45) is 1.70. The van der Waals surface area contributed by atoms with Crippen LogP contribution in [0, 0.1) is 20.8 Å². The van der Waals surface area contributed by atoms with Gasteiger partial charge in [0.2, 0.25) is 0 Å². The lowest BCUT2D eigenvalue weighted by molar-refractivity contribution is 0.0342. The molecular formula is C22H27N3O2. The van der Waals surface area contributed by atoms with Crippen LogP contribution in [-0.4, -0.2) is 43.3 Å². The second-order valence-corrected chi connectivity index (χ2v) is 7.01. The number of ether oxygens (including phenoxy) is 1. The van der Waals surface area contributed by atoms with Crippen LogP contribution in [0.4, 0.5) is 0 Å². The van der Waals surface area contributed by atoms with E-state index < -0.39 is 0 Å². The van der Waals surface area contributed by atoms with Gasteiger partial charge in [0.25, 0.3) is 5.91 Å². The lowest BCUT2D eigenvalue weighted by atomic mass is 10.00. The number of aryl methyl sites for hydroxylation is 1. The molecule has 0 saturated carbocycles. The lowest BCUT2D eigenvalue weighted by Crippen LogP contribution is -2.35. The van der Waals surface area contributed by atoms with E-state index in [4.69, 9.17) is 4.74 Å². The minimum absolute atomic E-state index is 0.203. The Labute approximate surface area is 161 Å². The number of nitrogens with one attached hydrogen (secondary N) is 1. The first kappa shape index (κ1) is 19.3. The molecule has 27 heavy (non-hydrogen) atoms. The van der Waals surface area contributed by atoms with Crippen LogP contribution in [0.15, 0.2) is 41.5 Å². The first-order valence-corrected chi connectivity index (χ1v) is 9.34. The molecule has 3 rings (SSSR count). The summed E-state index contributed by atoms with van der Waals surface area (Å²) in [6.45, 7) is 10.6. The van der Waals surface area contributed by atoms with Crippen LogP contribution >= 0.6 is 0 Å². The molecule has 2 aromatic carbocycles. The number of hydrogen-bond acceptors (Lipinski definition) is 4. The number of benzene rings is 2. The minimum atomic E-state index is -0.203. The van der Waals surface area contributed by atoms with Gasteiger partial charge in [0.1, 0.15) is 0 Å². The maximum Gasteiger partial charge on any atom is 0.271 e. The van der Waals surface area contributed by atoms with E-state index in [2.05, 4.69) is 42.3 Å². The Kier molecular flexibility index (Phi) is 6.37. The average molecular weight is 365 g/mol. The fourth-order valence-electron chi connectivity index (χ4n) is 3.12. The van der Waals surface area contributed by atoms with Crippen molar-refractivity contribution < 1.29 is 9.53 Å². The molecule has 142 valence electrons. The van der Waals surface area contributed by atoms with Crippen molar-refractivity contribution in [3.8, 4) is 0 Å². The van der Waals surface area contributed by atoms with Gasteiger partial charge in [0, 0.05) is 25.2 Å². The Morgan fingerprint density at radius 3 is 2.48 bits per heavy atom. The number of morpholine rings is 1. The molecule has 5 heteroatoms. The van der Waals surface area contributed by atoms with Crippen LogP contribution < -0.4 is 5.43 Å². The average Bonchev–Trinajstić information content (AvgIpc) is 2.69. The summed E-state index contributed by atoms with van der Waals surface area (Å²) in [5.41, 5.74) is 9.12. The number of hydrogen-bond donors (Lipinski definition) is 1. The number of hydrazone groups is 1. The van der Waals surface area contributed by atoms with E-state index in [1.54, 1.807) is 6.21 Å². The van der Waals surface area contributed by atoms with Gasteiger partial charge in [0.15, 0.2) is 0 Å². The molecule has 0 aliphatic carbocycles. The van der Waals surface area contributed by atoms with E-state index in [1.165, 1.54) is 22.3 Å². The third kappa shape index (κ3) is 5.02. The molecule has 0 radical (unpaired) electrons. The molecule has 2 aromatic rings. The Hall–Kier alpha value is -2.50. The van der Waals surface area contributed by atoms with Crippen molar-refractivity contribution in [2.75, 3.05) is 26.3 Å². The Morgan fingerprint density at radius 2 is 1.78 bits per heavy atom. The highest BCUT2D eigenvalue weighted by Crippen LogP contribution is 2.15. The van der Waals surface area contributed by atoms with Crippen LogP contribution in [0.1, 0.15) is 38.2 Å². The lowest BCUT2D eigenvalue weighted by Gasteiger charge is -2.26. The summed E-state index contributed by atoms with van der Waals surface area (Å²) in [5, 5.41) is 4.12. The zero-order chi connectivity index (χ0) is 19.2. The van der Waals surface area contributed by atoms with Gasteiger partial charge in [-0.05, 0) is 60.7 Å². The molecule has 0 aromatic heterocycles. The van der Waals surface area contributed by atoms with E-state index in [1.807, 2.05) is 30.3 Å². The van der Waals surface area contributed by atoms with Gasteiger partial charge in [-0.1, -0.05) is 24.3 Å². The summed E-state index contributed by atoms with van der Waals surface area (Å²) >= 11 is 0. The zero-order valence-electron chi connectivity index (χ0n) is 16.3. The Bertz CT molecular complexity index is 822. The predicted octanol–water partition coefficient (Wildman–Crippen LogP) is 3.21. The minimum Gasteiger partial charge on any atom is -0.379 e. The molecule has 5 nitrogen and oxygen atoms in total. The molecule has 0 unspecified atom stereocenters. The molecule has 1 aliphatic heterocycles. The number of carbonyl (C=O) groups excluding carboxylic acids is 1. The van der Waals surface area contributed by atoms with Crippen molar-refractivity contribution in [3.05, 3.63) is 69.8 Å². The molecule has 1 saturated heterocycles. The summed E-state index contributed by atoms with van der Waals surface area (Å²) in [4.78, 5) is 14.6. The predicted molar refractivity (Wildman–Crippen MR) is 108 cm³/mol. The number of rotatable bonds is 5. The van der Waals surface area contributed by atoms with Gasteiger partial charge < -0.3 is 4.74 Å². The van der Waals surface area contributed by atoms with Crippen molar-refractivity contribution in [2.45, 2.75) is 27.3 Å². The highest BCUT2D eigenvalue weighted by atomic mass is 16.5. The first-order valence-electron chi connectivity index (χ1n) is 9.34. The SMILES string of the molecule is Cc1ccc(C=NNC(=O)c2ccc(CN3CCOCC3)cc2)c(C)c1C. The smallest absolute Gasteiger partial charge is 0.271 e. The number of nitrogens with zero attached hydrogens (tertiary/aromatic N) is 2. The first-order chi connectivity index (χ1) is 13.0. The molecule has 0 bridgehead atoms. The molecule has 1 aliphatic rings. The fourth-order valence-corrected chi connectivity index (χ4v) is 3.12. The fraction of sp³-hybridized carbons (Fsp3) is 0.364. The van der Waals surface area contributed by atoms with Crippen molar-refractivity contribution in [3.63, 3.8) is 0 Å². The normalized spacial score (nSPS) is 15.2. The molecule has 1 amide bonds. The zero-order valence-corrected chi connectivity index (χ0v) is 16.3. The maximum atomic E-state index is 12.3. The van der Waals surface area contributed by atoms with Crippen LogP contribution in [0.25, 0.3) is 0 Å². The van der Waals surface area contributed by atoms with Crippen molar-refractivity contribution in [1.82, 2.24) is 10.3 Å². The standard InChI is InChI=1S/C22H27N3O2/c1-16-4-7-21(18(3)17(16)2)14-23-24-22(26)20-8-5-19(6-9-20)15-25-10-12-27-13-11-25/h4-9,14H,10-13,15H2,1-3H3,(H,24,26). The highest BCUT2D eigenvalue weighted by molar-refractivity contribution is 5.95. The molecule has 1 fully saturated rings. The van der Waals surface area contributed by atoms with E-state index in [9.17, 15) is 4.79 Å². The summed E-state index contributed by atoms with van der Waals surface area (Å²) in [7, 11) is 0. The van der Waals surface area contributed by atoms with Gasteiger partial charge in [-0.15, -0.1) is 0 Å². The van der Waals surface area contributed by atoms with Crippen LogP contribution in [0.3, 0.4) is 0 Å². The third-order valence-corrected chi connectivity index (χ3v) is 5.20. The van der Waals surface area contributed by atoms with E-state index in [0.717, 1.165) is 38.4 Å². The van der Waals surface area contributed by atoms with Crippen molar-refractivity contribution in [1.29, 1.82) is 0 Å². The summed E-state index contributed by atoms with van der Waals surface area (Å²) < 4.78 is 5.37. The number of carbonyl (C=O) groups is 1. The highest BCUT2D eigenvalue weighted by Gasteiger charge is 2.11. The van der Waals surface area contributed by atoms with Crippen molar-refractivity contribution >= 4 is 12.1 Å². The summed E-state index contributed by atoms with van der Waals surface area (Å²) in [6, 6.07) is 11.8. The van der Waals surface area contributed by atoms with E-state index >= 15 is 0 Å². The van der Waals surface area contributed by atoms with Gasteiger partial charge >= 0.3 is 0 Å². The third-order valence-electron chi connectivity index (χ3n) is 5.20. The molecular weight excluding hydrogens is 338 g/mol. The van der Waals surface area contributed by atoms with E-state index in [-0.39, 0.29) is 5.91 Å². The quantitative estimate of drug-likeness (QED) is 0.654. The Balaban J connectivity index is 1.57. The van der Waals surface area contributed by atoms with Gasteiger partial charge in [0.05, 0.1) is 19.4 Å². The van der Waals surface area contributed by atoms with Gasteiger partial charge in [-0.2, -0.15) is 5.10 Å². The second kappa shape index (κ2) is 8.93. The van der Waals surface area contributed by atoms with E-state index in [0.29, 0.717) is 5.56 Å². The monoisotopic (exact) mass is 365 g/mol. The Morgan fingerprint density at radius 1 is 1.07 bits per heavy atom. The van der Waals surface area contributed by atoms with Crippen LogP contribution in [0.5, 0.6) is 0 Å². The van der Waals surface area contributed by atoms with Crippen molar-refractivity contribution in [2.24, 2.45) is 5.10 Å². The largest absolute Gasteiger partial charge is 0.379 e. The second-order valence-electron chi connectivity index (χ2n) is 7.01. The molecule has 1 heterocycles. The summed E-state index contributed by atoms with van der Waals surface area (Å²) in [5.74, 6) is -0.203. The molecule has 0 atom stereocenters.